The highest BCUT2D eigenvalue weighted by molar-refractivity contribution is 6.25. The predicted molar refractivity (Wildman–Crippen MR) is 59.7 cm³/mol. The van der Waals surface area contributed by atoms with Crippen molar-refractivity contribution in [2.45, 2.75) is 18.9 Å². The van der Waals surface area contributed by atoms with E-state index >= 15 is 0 Å². The number of nitrogens with zero attached hydrogens (tertiary/aromatic N) is 2. The molecule has 0 aromatic rings. The van der Waals surface area contributed by atoms with E-state index in [9.17, 15) is 14.4 Å². The topological polar surface area (TPSA) is 118 Å². The minimum Gasteiger partial charge on any atom is -0.467 e. The molecule has 0 fully saturated rings. The second-order valence-electron chi connectivity index (χ2n) is 3.33. The quantitative estimate of drug-likeness (QED) is 0.257. The molecule has 0 aliphatic heterocycles. The number of amides is 1. The minimum atomic E-state index is -0.936. The van der Waals surface area contributed by atoms with Gasteiger partial charge in [-0.2, -0.15) is 4.79 Å². The Balaban J connectivity index is 4.40. The molecule has 0 saturated carbocycles. The lowest BCUT2D eigenvalue weighted by Gasteiger charge is -2.15. The van der Waals surface area contributed by atoms with Crippen molar-refractivity contribution >= 4 is 23.9 Å². The minimum absolute atomic E-state index is 0.0486. The van der Waals surface area contributed by atoms with Crippen molar-refractivity contribution in [1.82, 2.24) is 5.32 Å². The molecule has 100 valence electrons. The van der Waals surface area contributed by atoms with Gasteiger partial charge in [0.05, 0.1) is 7.11 Å². The molecular formula is C10H15N3O5. The van der Waals surface area contributed by atoms with Crippen molar-refractivity contribution in [3.05, 3.63) is 5.53 Å². The van der Waals surface area contributed by atoms with Gasteiger partial charge in [-0.1, -0.05) is 0 Å². The van der Waals surface area contributed by atoms with Crippen LogP contribution in [0.1, 0.15) is 12.8 Å². The fourth-order valence-corrected chi connectivity index (χ4v) is 1.17. The molecule has 0 spiro atoms. The summed E-state index contributed by atoms with van der Waals surface area (Å²) in [4.78, 5) is 36.2. The number of carbonyl (C=O) groups is 3. The second-order valence-corrected chi connectivity index (χ2v) is 3.33. The molecule has 1 N–H and O–H groups in total. The third-order valence-electron chi connectivity index (χ3n) is 1.98. The van der Waals surface area contributed by atoms with E-state index in [0.717, 1.165) is 6.21 Å². The molecule has 0 heterocycles. The van der Waals surface area contributed by atoms with Crippen LogP contribution in [0.3, 0.4) is 0 Å². The highest BCUT2D eigenvalue weighted by Crippen LogP contribution is 2.00. The molecule has 0 radical (unpaired) electrons. The molecule has 0 saturated heterocycles. The third-order valence-corrected chi connectivity index (χ3v) is 1.98. The first-order valence-electron chi connectivity index (χ1n) is 5.11. The summed E-state index contributed by atoms with van der Waals surface area (Å²) in [5.41, 5.74) is 8.14. The van der Waals surface area contributed by atoms with E-state index in [1.54, 1.807) is 0 Å². The molecular weight excluding hydrogens is 242 g/mol. The second kappa shape index (κ2) is 9.03. The van der Waals surface area contributed by atoms with Crippen LogP contribution in [0.15, 0.2) is 0 Å². The monoisotopic (exact) mass is 257 g/mol. The number of ether oxygens (including phenoxy) is 2. The number of esters is 1. The van der Waals surface area contributed by atoms with Crippen LogP contribution in [0.4, 0.5) is 0 Å². The Morgan fingerprint density at radius 1 is 1.39 bits per heavy atom. The number of rotatable bonds is 8. The zero-order valence-electron chi connectivity index (χ0n) is 10.2. The zero-order chi connectivity index (χ0) is 14.0. The van der Waals surface area contributed by atoms with Crippen molar-refractivity contribution in [2.75, 3.05) is 20.8 Å². The van der Waals surface area contributed by atoms with E-state index in [1.807, 2.05) is 0 Å². The smallest absolute Gasteiger partial charge is 0.328 e. The fourth-order valence-electron chi connectivity index (χ4n) is 1.17. The van der Waals surface area contributed by atoms with Gasteiger partial charge >= 0.3 is 12.2 Å². The van der Waals surface area contributed by atoms with Crippen LogP contribution < -0.4 is 5.32 Å². The van der Waals surface area contributed by atoms with Crippen LogP contribution in [-0.2, 0) is 23.9 Å². The number of nitrogens with one attached hydrogen (secondary N) is 1. The number of carbonyl (C=O) groups excluding carboxylic acids is 3. The zero-order valence-corrected chi connectivity index (χ0v) is 10.2. The van der Waals surface area contributed by atoms with Crippen molar-refractivity contribution < 1.29 is 28.6 Å². The van der Waals surface area contributed by atoms with E-state index < -0.39 is 23.7 Å². The van der Waals surface area contributed by atoms with Crippen LogP contribution >= 0.6 is 0 Å². The van der Waals surface area contributed by atoms with Crippen LogP contribution in [0.5, 0.6) is 0 Å². The molecule has 0 rings (SSSR count). The molecule has 8 nitrogen and oxygen atoms in total. The van der Waals surface area contributed by atoms with Crippen LogP contribution in [-0.4, -0.2) is 55.5 Å². The lowest BCUT2D eigenvalue weighted by molar-refractivity contribution is -0.145. The third kappa shape index (κ3) is 6.51. The first-order chi connectivity index (χ1) is 8.54. The summed E-state index contributed by atoms with van der Waals surface area (Å²) in [5.74, 6) is -1.61. The van der Waals surface area contributed by atoms with Gasteiger partial charge in [0.2, 0.25) is 11.7 Å². The molecule has 8 heteroatoms. The molecule has 1 amide bonds. The fraction of sp³-hybridized carbons (Fsp3) is 0.600. The van der Waals surface area contributed by atoms with E-state index in [1.165, 1.54) is 14.2 Å². The average Bonchev–Trinajstić information content (AvgIpc) is 2.34. The van der Waals surface area contributed by atoms with Crippen molar-refractivity contribution in [1.29, 1.82) is 0 Å². The Kier molecular flexibility index (Phi) is 8.00. The van der Waals surface area contributed by atoms with Crippen molar-refractivity contribution in [3.63, 3.8) is 0 Å². The van der Waals surface area contributed by atoms with E-state index in [-0.39, 0.29) is 19.4 Å². The number of hydrogen-bond donors (Lipinski definition) is 1. The summed E-state index contributed by atoms with van der Waals surface area (Å²) >= 11 is 0. The Morgan fingerprint density at radius 3 is 2.56 bits per heavy atom. The van der Waals surface area contributed by atoms with Gasteiger partial charge in [-0.05, 0) is 6.42 Å². The highest BCUT2D eigenvalue weighted by atomic mass is 16.5. The number of hydrogen-bond acceptors (Lipinski definition) is 5. The van der Waals surface area contributed by atoms with Crippen molar-refractivity contribution in [3.8, 4) is 0 Å². The normalized spacial score (nSPS) is 11.0. The van der Waals surface area contributed by atoms with Crippen LogP contribution in [0.2, 0.25) is 0 Å². The van der Waals surface area contributed by atoms with Crippen LogP contribution in [0, 0.1) is 0 Å². The van der Waals surface area contributed by atoms with Gasteiger partial charge in [-0.3, -0.25) is 9.59 Å². The van der Waals surface area contributed by atoms with Crippen LogP contribution in [0.25, 0.3) is 5.53 Å². The molecule has 0 aromatic heterocycles. The van der Waals surface area contributed by atoms with Gasteiger partial charge in [-0.25, -0.2) is 4.79 Å². The number of methoxy groups -OCH3 is 2. The predicted octanol–water partition coefficient (Wildman–Crippen LogP) is -1.06. The SMILES string of the molecule is COCC(=O)N[C@@H](CCC(=O)C=[N+]=[N-])C(=O)OC. The first-order valence-corrected chi connectivity index (χ1v) is 5.11. The molecule has 0 unspecified atom stereocenters. The summed E-state index contributed by atoms with van der Waals surface area (Å²) in [6.07, 6.45) is 0.718. The Morgan fingerprint density at radius 2 is 2.06 bits per heavy atom. The summed E-state index contributed by atoms with van der Waals surface area (Å²) in [6.45, 7) is -0.195. The summed E-state index contributed by atoms with van der Waals surface area (Å²) in [6, 6.07) is -0.936. The van der Waals surface area contributed by atoms with Gasteiger partial charge in [0.15, 0.2) is 0 Å². The molecule has 0 aliphatic carbocycles. The standard InChI is InChI=1S/C10H15N3O5/c1-17-6-9(15)13-8(10(16)18-2)4-3-7(14)5-12-11/h5,8H,3-4,6H2,1-2H3,(H,13,15)/t8-/m0/s1. The molecule has 0 aromatic carbocycles. The Hall–Kier alpha value is -2.05. The maximum atomic E-state index is 11.4. The average molecular weight is 257 g/mol. The lowest BCUT2D eigenvalue weighted by Crippen LogP contribution is -2.43. The summed E-state index contributed by atoms with van der Waals surface area (Å²) in [7, 11) is 2.52. The van der Waals surface area contributed by atoms with Gasteiger partial charge in [0.1, 0.15) is 12.6 Å². The van der Waals surface area contributed by atoms with Gasteiger partial charge < -0.3 is 20.3 Å². The Labute approximate surface area is 104 Å². The van der Waals surface area contributed by atoms with Gasteiger partial charge in [-0.15, -0.1) is 0 Å². The summed E-state index contributed by atoms with van der Waals surface area (Å²) < 4.78 is 9.09. The van der Waals surface area contributed by atoms with Crippen molar-refractivity contribution in [2.24, 2.45) is 0 Å². The highest BCUT2D eigenvalue weighted by Gasteiger charge is 2.22. The van der Waals surface area contributed by atoms with Gasteiger partial charge in [0, 0.05) is 13.5 Å². The number of ketones is 1. The molecule has 1 atom stereocenters. The molecule has 0 aliphatic rings. The number of Topliss-reactive ketones (excluding diaryl/α,β-unsaturated/α-hetero) is 1. The largest absolute Gasteiger partial charge is 0.467 e. The maximum absolute atomic E-state index is 11.4. The van der Waals surface area contributed by atoms with E-state index in [0.29, 0.717) is 0 Å². The van der Waals surface area contributed by atoms with Gasteiger partial charge in [0.25, 0.3) is 0 Å². The Bertz CT molecular complexity index is 363. The van der Waals surface area contributed by atoms with E-state index in [2.05, 4.69) is 19.6 Å². The molecule has 0 bridgehead atoms. The molecule has 18 heavy (non-hydrogen) atoms. The maximum Gasteiger partial charge on any atom is 0.328 e. The summed E-state index contributed by atoms with van der Waals surface area (Å²) in [5, 5.41) is 2.37. The van der Waals surface area contributed by atoms with E-state index in [4.69, 9.17) is 5.53 Å². The first kappa shape index (κ1) is 16.0. The lowest BCUT2D eigenvalue weighted by atomic mass is 10.1.